The van der Waals surface area contributed by atoms with Gasteiger partial charge in [0.1, 0.15) is 11.8 Å². The fraction of sp³-hybridized carbons (Fsp3) is 0.571. The van der Waals surface area contributed by atoms with Crippen LogP contribution in [0.4, 0.5) is 5.69 Å². The minimum atomic E-state index is 0.487. The van der Waals surface area contributed by atoms with Crippen LogP contribution in [0.5, 0.6) is 0 Å². The number of pyridine rings is 1. The van der Waals surface area contributed by atoms with Gasteiger partial charge in [-0.1, -0.05) is 6.92 Å². The van der Waals surface area contributed by atoms with Crippen LogP contribution in [-0.2, 0) is 0 Å². The second-order valence-electron chi connectivity index (χ2n) is 4.75. The van der Waals surface area contributed by atoms with E-state index in [-0.39, 0.29) is 0 Å². The van der Waals surface area contributed by atoms with Gasteiger partial charge in [0.15, 0.2) is 0 Å². The third-order valence-electron chi connectivity index (χ3n) is 3.53. The molecule has 0 saturated carbocycles. The van der Waals surface area contributed by atoms with E-state index in [2.05, 4.69) is 22.1 Å². The first-order valence-corrected chi connectivity index (χ1v) is 6.65. The van der Waals surface area contributed by atoms with Gasteiger partial charge in [0.25, 0.3) is 0 Å². The molecule has 96 valence electrons. The van der Waals surface area contributed by atoms with E-state index in [0.29, 0.717) is 5.69 Å². The molecule has 0 aromatic carbocycles. The highest BCUT2D eigenvalue weighted by atomic mass is 15.1. The van der Waals surface area contributed by atoms with Gasteiger partial charge in [0, 0.05) is 13.1 Å². The van der Waals surface area contributed by atoms with Gasteiger partial charge < -0.3 is 10.2 Å². The summed E-state index contributed by atoms with van der Waals surface area (Å²) in [5.74, 6) is 0.799. The quantitative estimate of drug-likeness (QED) is 0.877. The summed E-state index contributed by atoms with van der Waals surface area (Å²) in [5.41, 5.74) is 1.62. The first-order valence-electron chi connectivity index (χ1n) is 6.65. The van der Waals surface area contributed by atoms with Crippen molar-refractivity contribution in [2.24, 2.45) is 5.92 Å². The summed E-state index contributed by atoms with van der Waals surface area (Å²) in [5, 5.41) is 12.1. The van der Waals surface area contributed by atoms with Crippen LogP contribution in [-0.4, -0.2) is 31.2 Å². The molecule has 0 radical (unpaired) electrons. The van der Waals surface area contributed by atoms with Crippen molar-refractivity contribution in [1.82, 2.24) is 10.3 Å². The van der Waals surface area contributed by atoms with E-state index in [1.165, 1.54) is 12.8 Å². The summed E-state index contributed by atoms with van der Waals surface area (Å²) in [7, 11) is 0. The van der Waals surface area contributed by atoms with Crippen molar-refractivity contribution >= 4 is 5.69 Å². The SMILES string of the molecule is CCNCC1CCN(c2ccc(C#N)nc2)CC1. The molecular weight excluding hydrogens is 224 g/mol. The summed E-state index contributed by atoms with van der Waals surface area (Å²) in [4.78, 5) is 6.48. The topological polar surface area (TPSA) is 52.0 Å². The summed E-state index contributed by atoms with van der Waals surface area (Å²) in [6.45, 7) is 6.51. The molecule has 4 nitrogen and oxygen atoms in total. The molecule has 0 spiro atoms. The Labute approximate surface area is 109 Å². The smallest absolute Gasteiger partial charge is 0.140 e. The highest BCUT2D eigenvalue weighted by Gasteiger charge is 2.19. The lowest BCUT2D eigenvalue weighted by Crippen LogP contribution is -2.37. The van der Waals surface area contributed by atoms with E-state index in [0.717, 1.165) is 37.8 Å². The molecule has 0 amide bonds. The summed E-state index contributed by atoms with van der Waals surface area (Å²) < 4.78 is 0. The monoisotopic (exact) mass is 244 g/mol. The van der Waals surface area contributed by atoms with E-state index in [1.54, 1.807) is 6.07 Å². The van der Waals surface area contributed by atoms with Crippen LogP contribution in [0.15, 0.2) is 18.3 Å². The fourth-order valence-electron chi connectivity index (χ4n) is 2.38. The van der Waals surface area contributed by atoms with Crippen molar-refractivity contribution < 1.29 is 0 Å². The second kappa shape index (κ2) is 6.36. The second-order valence-corrected chi connectivity index (χ2v) is 4.75. The fourth-order valence-corrected chi connectivity index (χ4v) is 2.38. The average Bonchev–Trinajstić information content (AvgIpc) is 2.46. The van der Waals surface area contributed by atoms with E-state index >= 15 is 0 Å². The molecule has 2 rings (SSSR count). The van der Waals surface area contributed by atoms with Gasteiger partial charge in [-0.2, -0.15) is 5.26 Å². The molecule has 0 bridgehead atoms. The Morgan fingerprint density at radius 1 is 1.44 bits per heavy atom. The van der Waals surface area contributed by atoms with Gasteiger partial charge in [-0.25, -0.2) is 4.98 Å². The zero-order chi connectivity index (χ0) is 12.8. The lowest BCUT2D eigenvalue weighted by atomic mass is 9.96. The van der Waals surface area contributed by atoms with Crippen molar-refractivity contribution in [3.8, 4) is 6.07 Å². The molecular formula is C14H20N4. The number of rotatable bonds is 4. The van der Waals surface area contributed by atoms with Crippen molar-refractivity contribution in [2.45, 2.75) is 19.8 Å². The van der Waals surface area contributed by atoms with Crippen LogP contribution in [0.1, 0.15) is 25.5 Å². The maximum atomic E-state index is 8.72. The molecule has 1 aliphatic heterocycles. The van der Waals surface area contributed by atoms with Crippen molar-refractivity contribution in [3.05, 3.63) is 24.0 Å². The molecule has 1 fully saturated rings. The Balaban J connectivity index is 1.87. The molecule has 1 aromatic rings. The van der Waals surface area contributed by atoms with Crippen molar-refractivity contribution in [2.75, 3.05) is 31.1 Å². The summed E-state index contributed by atoms with van der Waals surface area (Å²) in [6, 6.07) is 5.84. The number of nitriles is 1. The van der Waals surface area contributed by atoms with Crippen LogP contribution in [0.25, 0.3) is 0 Å². The zero-order valence-corrected chi connectivity index (χ0v) is 10.9. The Morgan fingerprint density at radius 2 is 2.22 bits per heavy atom. The normalized spacial score (nSPS) is 16.6. The number of nitrogens with one attached hydrogen (secondary N) is 1. The van der Waals surface area contributed by atoms with Crippen molar-refractivity contribution in [3.63, 3.8) is 0 Å². The van der Waals surface area contributed by atoms with E-state index < -0.39 is 0 Å². The third kappa shape index (κ3) is 3.21. The number of nitrogens with zero attached hydrogens (tertiary/aromatic N) is 3. The molecule has 1 saturated heterocycles. The first-order chi connectivity index (χ1) is 8.83. The van der Waals surface area contributed by atoms with Gasteiger partial charge in [-0.3, -0.25) is 0 Å². The number of piperidine rings is 1. The molecule has 1 N–H and O–H groups in total. The predicted octanol–water partition coefficient (Wildman–Crippen LogP) is 1.78. The van der Waals surface area contributed by atoms with Crippen molar-refractivity contribution in [1.29, 1.82) is 5.26 Å². The number of aromatic nitrogens is 1. The average molecular weight is 244 g/mol. The number of anilines is 1. The summed E-state index contributed by atoms with van der Waals surface area (Å²) >= 11 is 0. The van der Waals surface area contributed by atoms with Gasteiger partial charge in [0.2, 0.25) is 0 Å². The zero-order valence-electron chi connectivity index (χ0n) is 10.9. The third-order valence-corrected chi connectivity index (χ3v) is 3.53. The van der Waals surface area contributed by atoms with Crippen LogP contribution in [0, 0.1) is 17.2 Å². The lowest BCUT2D eigenvalue weighted by Gasteiger charge is -2.33. The predicted molar refractivity (Wildman–Crippen MR) is 72.4 cm³/mol. The van der Waals surface area contributed by atoms with E-state index in [1.807, 2.05) is 18.3 Å². The van der Waals surface area contributed by atoms with Gasteiger partial charge >= 0.3 is 0 Å². The Hall–Kier alpha value is -1.60. The van der Waals surface area contributed by atoms with Crippen LogP contribution in [0.3, 0.4) is 0 Å². The minimum Gasteiger partial charge on any atom is -0.370 e. The lowest BCUT2D eigenvalue weighted by molar-refractivity contribution is 0.386. The van der Waals surface area contributed by atoms with E-state index in [4.69, 9.17) is 5.26 Å². The van der Waals surface area contributed by atoms with Crippen LogP contribution >= 0.6 is 0 Å². The Kier molecular flexibility index (Phi) is 4.54. The molecule has 2 heterocycles. The molecule has 0 aliphatic carbocycles. The standard InChI is InChI=1S/C14H20N4/c1-2-16-10-12-5-7-18(8-6-12)14-4-3-13(9-15)17-11-14/h3-4,11-12,16H,2,5-8,10H2,1H3. The highest BCUT2D eigenvalue weighted by Crippen LogP contribution is 2.22. The van der Waals surface area contributed by atoms with Gasteiger partial charge in [-0.15, -0.1) is 0 Å². The molecule has 18 heavy (non-hydrogen) atoms. The van der Waals surface area contributed by atoms with Gasteiger partial charge in [0.05, 0.1) is 11.9 Å². The Bertz CT molecular complexity index is 399. The van der Waals surface area contributed by atoms with E-state index in [9.17, 15) is 0 Å². The Morgan fingerprint density at radius 3 is 2.78 bits per heavy atom. The van der Waals surface area contributed by atoms with Crippen LogP contribution < -0.4 is 10.2 Å². The number of hydrogen-bond acceptors (Lipinski definition) is 4. The number of hydrogen-bond donors (Lipinski definition) is 1. The maximum absolute atomic E-state index is 8.72. The van der Waals surface area contributed by atoms with Gasteiger partial charge in [-0.05, 0) is 44.0 Å². The molecule has 1 aromatic heterocycles. The maximum Gasteiger partial charge on any atom is 0.140 e. The molecule has 1 aliphatic rings. The minimum absolute atomic E-state index is 0.487. The summed E-state index contributed by atoms with van der Waals surface area (Å²) in [6.07, 6.45) is 4.27. The first kappa shape index (κ1) is 12.8. The molecule has 0 unspecified atom stereocenters. The van der Waals surface area contributed by atoms with Crippen LogP contribution in [0.2, 0.25) is 0 Å². The highest BCUT2D eigenvalue weighted by molar-refractivity contribution is 5.46. The molecule has 0 atom stereocenters. The largest absolute Gasteiger partial charge is 0.370 e. The molecule has 4 heteroatoms.